The Balaban J connectivity index is 2.09. The van der Waals surface area contributed by atoms with Crippen LogP contribution >= 0.6 is 0 Å². The van der Waals surface area contributed by atoms with E-state index >= 15 is 0 Å². The van der Waals surface area contributed by atoms with Gasteiger partial charge in [-0.1, -0.05) is 13.8 Å². The second-order valence-corrected chi connectivity index (χ2v) is 11.8. The van der Waals surface area contributed by atoms with E-state index in [1.54, 1.807) is 13.8 Å². The Labute approximate surface area is 265 Å². The van der Waals surface area contributed by atoms with Crippen LogP contribution in [0.5, 0.6) is 0 Å². The molecule has 7 atom stereocenters. The monoisotopic (exact) mass is 656 g/mol. The van der Waals surface area contributed by atoms with Gasteiger partial charge in [0.15, 0.2) is 6.04 Å². The summed E-state index contributed by atoms with van der Waals surface area (Å²) >= 11 is 0. The van der Waals surface area contributed by atoms with Gasteiger partial charge in [-0.25, -0.2) is 25.8 Å². The Morgan fingerprint density at radius 2 is 1.37 bits per heavy atom. The number of cyclic esters (lactones) is 1. The SMILES string of the molecule is CC(O)C(=O)N[C@@H]1C(=O)N2NCCC[C@@H]2C(=O)N(O)[C@@H](C)C(=O)NCC(=O)N2NCCC[C@H]2C(=O)N(O)[C@H](C)C(=O)O[C@H]1C(C)C. The van der Waals surface area contributed by atoms with Gasteiger partial charge < -0.3 is 20.5 Å². The van der Waals surface area contributed by atoms with Gasteiger partial charge in [-0.05, 0) is 52.4 Å². The normalized spacial score (nSPS) is 30.5. The Bertz CT molecular complexity index is 1200. The molecule has 0 radical (unpaired) electrons. The molecule has 0 aromatic carbocycles. The van der Waals surface area contributed by atoms with Gasteiger partial charge in [0.2, 0.25) is 11.8 Å². The van der Waals surface area contributed by atoms with Gasteiger partial charge in [0.05, 0.1) is 6.54 Å². The molecular formula is C27H44N8O11. The van der Waals surface area contributed by atoms with E-state index in [1.165, 1.54) is 6.92 Å². The molecule has 0 saturated carbocycles. The molecule has 7 N–H and O–H groups in total. The fourth-order valence-corrected chi connectivity index (χ4v) is 5.25. The number of nitrogens with zero attached hydrogens (tertiary/aromatic N) is 4. The highest BCUT2D eigenvalue weighted by molar-refractivity contribution is 5.96. The predicted octanol–water partition coefficient (Wildman–Crippen LogP) is -3.25. The Morgan fingerprint density at radius 1 is 0.848 bits per heavy atom. The molecule has 3 saturated heterocycles. The quantitative estimate of drug-likeness (QED) is 0.117. The molecule has 0 bridgehead atoms. The summed E-state index contributed by atoms with van der Waals surface area (Å²) < 4.78 is 5.63. The van der Waals surface area contributed by atoms with E-state index in [0.717, 1.165) is 23.9 Å². The first-order chi connectivity index (χ1) is 21.6. The van der Waals surface area contributed by atoms with Crippen LogP contribution < -0.4 is 21.5 Å². The smallest absolute Gasteiger partial charge is 0.331 e. The lowest BCUT2D eigenvalue weighted by Crippen LogP contribution is -2.67. The van der Waals surface area contributed by atoms with Crippen molar-refractivity contribution in [2.45, 2.75) is 103 Å². The van der Waals surface area contributed by atoms with Crippen molar-refractivity contribution >= 4 is 41.4 Å². The molecular weight excluding hydrogens is 612 g/mol. The van der Waals surface area contributed by atoms with Crippen molar-refractivity contribution in [3.8, 4) is 0 Å². The van der Waals surface area contributed by atoms with Crippen LogP contribution in [0.2, 0.25) is 0 Å². The zero-order valence-corrected chi connectivity index (χ0v) is 26.5. The standard InChI is InChI=1S/C27H44N8O11/c1-13(2)21-20(31-23(39)16(5)36)26(42)33-18(9-7-11-30-33)25(41)34(44)14(3)22(38)28-12-19(37)32-17(8-6-10-29-32)24(40)35(45)15(4)27(43)46-21/h13-18,20-21,29-30,36,44-45H,6-12H2,1-5H3,(H,28,38)(H,31,39)/t14-,15+,16?,17-,18+,20-,21-/m0/s1. The molecule has 0 aromatic rings. The second-order valence-electron chi connectivity index (χ2n) is 11.8. The highest BCUT2D eigenvalue weighted by Gasteiger charge is 2.46. The van der Waals surface area contributed by atoms with Crippen LogP contribution in [0.25, 0.3) is 0 Å². The Hall–Kier alpha value is -3.91. The first-order valence-corrected chi connectivity index (χ1v) is 15.2. The largest absolute Gasteiger partial charge is 0.458 e. The van der Waals surface area contributed by atoms with E-state index in [2.05, 4.69) is 21.5 Å². The summed E-state index contributed by atoms with van der Waals surface area (Å²) in [6, 6.07) is -7.55. The summed E-state index contributed by atoms with van der Waals surface area (Å²) in [6.45, 7) is 6.46. The van der Waals surface area contributed by atoms with Crippen LogP contribution in [0.4, 0.5) is 0 Å². The number of ether oxygens (including phenoxy) is 1. The lowest BCUT2D eigenvalue weighted by molar-refractivity contribution is -0.197. The molecule has 0 spiro atoms. The molecule has 3 aliphatic rings. The van der Waals surface area contributed by atoms with E-state index in [-0.39, 0.29) is 36.1 Å². The fourth-order valence-electron chi connectivity index (χ4n) is 5.25. The minimum atomic E-state index is -1.70. The van der Waals surface area contributed by atoms with Crippen LogP contribution in [-0.4, -0.2) is 139 Å². The maximum absolute atomic E-state index is 14.1. The second kappa shape index (κ2) is 15.6. The molecule has 258 valence electrons. The summed E-state index contributed by atoms with van der Waals surface area (Å²) in [5.41, 5.74) is 5.50. The minimum absolute atomic E-state index is 0.0330. The van der Waals surface area contributed by atoms with Gasteiger partial charge in [-0.3, -0.25) is 49.2 Å². The molecule has 3 rings (SSSR count). The number of aliphatic hydroxyl groups is 1. The third kappa shape index (κ3) is 8.08. The number of nitrogens with one attached hydrogen (secondary N) is 4. The first-order valence-electron chi connectivity index (χ1n) is 15.2. The fraction of sp³-hybridized carbons (Fsp3) is 0.741. The lowest BCUT2D eigenvalue weighted by atomic mass is 9.96. The van der Waals surface area contributed by atoms with E-state index in [1.807, 2.05) is 0 Å². The number of carbonyl (C=O) groups is 7. The molecule has 0 aromatic heterocycles. The van der Waals surface area contributed by atoms with Gasteiger partial charge in [0.25, 0.3) is 23.6 Å². The maximum atomic E-state index is 14.1. The van der Waals surface area contributed by atoms with Crippen LogP contribution in [0.1, 0.15) is 60.3 Å². The Morgan fingerprint density at radius 3 is 1.91 bits per heavy atom. The zero-order valence-electron chi connectivity index (χ0n) is 26.5. The van der Waals surface area contributed by atoms with Gasteiger partial charge in [-0.15, -0.1) is 0 Å². The Kier molecular flexibility index (Phi) is 12.4. The van der Waals surface area contributed by atoms with E-state index < -0.39 is 96.3 Å². The van der Waals surface area contributed by atoms with Gasteiger partial charge >= 0.3 is 5.97 Å². The van der Waals surface area contributed by atoms with Crippen LogP contribution in [0.15, 0.2) is 0 Å². The lowest BCUT2D eigenvalue weighted by Gasteiger charge is -2.40. The summed E-state index contributed by atoms with van der Waals surface area (Å²) in [4.78, 5) is 92.9. The number of hydrogen-bond donors (Lipinski definition) is 7. The summed E-state index contributed by atoms with van der Waals surface area (Å²) in [7, 11) is 0. The number of aliphatic hydroxyl groups excluding tert-OH is 1. The van der Waals surface area contributed by atoms with Gasteiger partial charge in [0, 0.05) is 13.1 Å². The summed E-state index contributed by atoms with van der Waals surface area (Å²) in [6.07, 6.45) is -2.12. The molecule has 46 heavy (non-hydrogen) atoms. The molecule has 3 aliphatic heterocycles. The predicted molar refractivity (Wildman–Crippen MR) is 153 cm³/mol. The number of hydroxylamine groups is 4. The zero-order chi connectivity index (χ0) is 34.5. The number of esters is 1. The van der Waals surface area contributed by atoms with Crippen molar-refractivity contribution in [1.82, 2.24) is 41.6 Å². The van der Waals surface area contributed by atoms with Crippen LogP contribution in [-0.2, 0) is 38.3 Å². The molecule has 0 aliphatic carbocycles. The highest BCUT2D eigenvalue weighted by Crippen LogP contribution is 2.22. The highest BCUT2D eigenvalue weighted by atomic mass is 16.6. The van der Waals surface area contributed by atoms with Gasteiger partial charge in [0.1, 0.15) is 36.4 Å². The van der Waals surface area contributed by atoms with E-state index in [4.69, 9.17) is 4.74 Å². The molecule has 3 heterocycles. The average Bonchev–Trinajstić information content (AvgIpc) is 3.05. The number of rotatable bonds is 3. The van der Waals surface area contributed by atoms with E-state index in [9.17, 15) is 49.1 Å². The van der Waals surface area contributed by atoms with Gasteiger partial charge in [-0.2, -0.15) is 0 Å². The van der Waals surface area contributed by atoms with E-state index in [0.29, 0.717) is 12.8 Å². The minimum Gasteiger partial charge on any atom is -0.458 e. The molecule has 3 fully saturated rings. The summed E-state index contributed by atoms with van der Waals surface area (Å²) in [5, 5.41) is 38.2. The number of hydrazine groups is 2. The topological polar surface area (TPSA) is 250 Å². The van der Waals surface area contributed by atoms with Crippen molar-refractivity contribution < 1.29 is 53.8 Å². The van der Waals surface area contributed by atoms with Crippen molar-refractivity contribution in [1.29, 1.82) is 0 Å². The van der Waals surface area contributed by atoms with Crippen LogP contribution in [0, 0.1) is 5.92 Å². The maximum Gasteiger partial charge on any atom is 0.331 e. The number of fused-ring (bicyclic) bond motifs is 2. The first kappa shape index (κ1) is 36.6. The van der Waals surface area contributed by atoms with Crippen LogP contribution in [0.3, 0.4) is 0 Å². The van der Waals surface area contributed by atoms with Crippen molar-refractivity contribution in [3.05, 3.63) is 0 Å². The molecule has 19 nitrogen and oxygen atoms in total. The van der Waals surface area contributed by atoms with Crippen molar-refractivity contribution in [2.24, 2.45) is 5.92 Å². The average molecular weight is 657 g/mol. The van der Waals surface area contributed by atoms with Crippen molar-refractivity contribution in [3.63, 3.8) is 0 Å². The number of carbonyl (C=O) groups excluding carboxylic acids is 7. The number of hydrogen-bond acceptors (Lipinski definition) is 13. The third-order valence-electron chi connectivity index (χ3n) is 8.07. The third-order valence-corrected chi connectivity index (χ3v) is 8.07. The molecule has 6 amide bonds. The molecule has 1 unspecified atom stereocenters. The molecule has 19 heteroatoms. The van der Waals surface area contributed by atoms with Crippen molar-refractivity contribution in [2.75, 3.05) is 19.6 Å². The number of amides is 6. The summed E-state index contributed by atoms with van der Waals surface area (Å²) in [5.74, 6) is -7.63.